The molecule has 6 nitrogen and oxygen atoms in total. The molecule has 0 saturated carbocycles. The van der Waals surface area contributed by atoms with Crippen LogP contribution in [-0.4, -0.2) is 21.0 Å². The minimum atomic E-state index is -1.10. The van der Waals surface area contributed by atoms with Crippen molar-refractivity contribution in [1.82, 2.24) is 4.98 Å². The minimum absolute atomic E-state index is 0.0346. The third-order valence-corrected chi connectivity index (χ3v) is 2.14. The van der Waals surface area contributed by atoms with E-state index in [2.05, 4.69) is 4.98 Å². The van der Waals surface area contributed by atoms with Crippen LogP contribution in [0.4, 0.5) is 5.69 Å². The number of carbonyl (C=O) groups is 1. The van der Waals surface area contributed by atoms with Gasteiger partial charge in [-0.1, -0.05) is 12.1 Å². The second-order valence-corrected chi connectivity index (χ2v) is 3.13. The Labute approximate surface area is 89.3 Å². The topological polar surface area (TPSA) is 93.3 Å². The predicted molar refractivity (Wildman–Crippen MR) is 55.4 cm³/mol. The van der Waals surface area contributed by atoms with Crippen LogP contribution in [0.1, 0.15) is 10.4 Å². The summed E-state index contributed by atoms with van der Waals surface area (Å²) >= 11 is 0. The number of carboxylic acids is 1. The molecular weight excluding hydrogens is 212 g/mol. The van der Waals surface area contributed by atoms with Gasteiger partial charge >= 0.3 is 5.97 Å². The number of nitrogens with zero attached hydrogens (tertiary/aromatic N) is 2. The standard InChI is InChI=1S/C10H6N2O4/c13-10(14)8-3-1-2-6-4-7(12(15)16)5-11-9(6)8/h1-5H,(H,13,14). The molecule has 1 N–H and O–H groups in total. The van der Waals surface area contributed by atoms with Gasteiger partial charge in [0.15, 0.2) is 0 Å². The van der Waals surface area contributed by atoms with E-state index in [-0.39, 0.29) is 16.8 Å². The van der Waals surface area contributed by atoms with Crippen molar-refractivity contribution in [3.8, 4) is 0 Å². The highest BCUT2D eigenvalue weighted by Gasteiger charge is 2.12. The second kappa shape index (κ2) is 3.58. The maximum absolute atomic E-state index is 10.9. The molecule has 0 radical (unpaired) electrons. The summed E-state index contributed by atoms with van der Waals surface area (Å²) in [5.74, 6) is -1.10. The normalized spacial score (nSPS) is 10.2. The van der Waals surface area contributed by atoms with Gasteiger partial charge in [-0.05, 0) is 6.07 Å². The van der Waals surface area contributed by atoms with Crippen LogP contribution in [-0.2, 0) is 0 Å². The molecule has 2 rings (SSSR count). The lowest BCUT2D eigenvalue weighted by Gasteiger charge is -2.00. The Morgan fingerprint density at radius 1 is 1.44 bits per heavy atom. The van der Waals surface area contributed by atoms with Crippen molar-refractivity contribution in [3.63, 3.8) is 0 Å². The number of fused-ring (bicyclic) bond motifs is 1. The summed E-state index contributed by atoms with van der Waals surface area (Å²) in [7, 11) is 0. The second-order valence-electron chi connectivity index (χ2n) is 3.13. The van der Waals surface area contributed by atoms with E-state index >= 15 is 0 Å². The number of aromatic nitrogens is 1. The molecule has 0 unspecified atom stereocenters. The molecule has 1 aromatic carbocycles. The van der Waals surface area contributed by atoms with Crippen LogP contribution in [0.25, 0.3) is 10.9 Å². The number of hydrogen-bond acceptors (Lipinski definition) is 4. The molecule has 0 fully saturated rings. The van der Waals surface area contributed by atoms with Crippen LogP contribution >= 0.6 is 0 Å². The summed E-state index contributed by atoms with van der Waals surface area (Å²) in [6.07, 6.45) is 1.05. The number of para-hydroxylation sites is 1. The van der Waals surface area contributed by atoms with E-state index in [9.17, 15) is 14.9 Å². The molecule has 0 spiro atoms. The number of pyridine rings is 1. The first kappa shape index (κ1) is 10.0. The Morgan fingerprint density at radius 3 is 2.81 bits per heavy atom. The summed E-state index contributed by atoms with van der Waals surface area (Å²) in [5, 5.41) is 19.8. The fourth-order valence-electron chi connectivity index (χ4n) is 1.42. The third-order valence-electron chi connectivity index (χ3n) is 2.14. The molecule has 16 heavy (non-hydrogen) atoms. The quantitative estimate of drug-likeness (QED) is 0.613. The van der Waals surface area contributed by atoms with Gasteiger partial charge < -0.3 is 5.11 Å². The highest BCUT2D eigenvalue weighted by Crippen LogP contribution is 2.21. The van der Waals surface area contributed by atoms with E-state index in [1.807, 2.05) is 0 Å². The van der Waals surface area contributed by atoms with Gasteiger partial charge in [-0.25, -0.2) is 9.78 Å². The number of hydrogen-bond donors (Lipinski definition) is 1. The molecule has 80 valence electrons. The van der Waals surface area contributed by atoms with Gasteiger partial charge in [0.1, 0.15) is 6.20 Å². The number of benzene rings is 1. The monoisotopic (exact) mass is 218 g/mol. The molecule has 0 saturated heterocycles. The fraction of sp³-hybridized carbons (Fsp3) is 0. The van der Waals surface area contributed by atoms with Crippen LogP contribution < -0.4 is 0 Å². The molecular formula is C10H6N2O4. The van der Waals surface area contributed by atoms with Crippen LogP contribution in [0.2, 0.25) is 0 Å². The van der Waals surface area contributed by atoms with Gasteiger partial charge in [-0.3, -0.25) is 10.1 Å². The summed E-state index contributed by atoms with van der Waals surface area (Å²) in [6, 6.07) is 5.82. The van der Waals surface area contributed by atoms with Crippen molar-refractivity contribution in [3.05, 3.63) is 46.1 Å². The molecule has 1 heterocycles. The molecule has 0 aliphatic carbocycles. The average molecular weight is 218 g/mol. The van der Waals surface area contributed by atoms with Crippen molar-refractivity contribution in [2.24, 2.45) is 0 Å². The first-order valence-electron chi connectivity index (χ1n) is 4.36. The van der Waals surface area contributed by atoms with Crippen molar-refractivity contribution in [2.75, 3.05) is 0 Å². The van der Waals surface area contributed by atoms with Crippen LogP contribution in [0, 0.1) is 10.1 Å². The Bertz CT molecular complexity index is 594. The molecule has 0 atom stereocenters. The molecule has 1 aromatic heterocycles. The number of carboxylic acid groups (broad SMARTS) is 1. The molecule has 2 aromatic rings. The molecule has 0 aliphatic heterocycles. The van der Waals surface area contributed by atoms with Crippen molar-refractivity contribution < 1.29 is 14.8 Å². The van der Waals surface area contributed by atoms with Gasteiger partial charge in [0.25, 0.3) is 5.69 Å². The van der Waals surface area contributed by atoms with Crippen LogP contribution in [0.3, 0.4) is 0 Å². The highest BCUT2D eigenvalue weighted by molar-refractivity contribution is 6.01. The molecule has 0 amide bonds. The van der Waals surface area contributed by atoms with Gasteiger partial charge in [0.05, 0.1) is 16.0 Å². The Hall–Kier alpha value is -2.50. The Balaban J connectivity index is 2.73. The first-order chi connectivity index (χ1) is 7.59. The van der Waals surface area contributed by atoms with Crippen molar-refractivity contribution in [2.45, 2.75) is 0 Å². The van der Waals surface area contributed by atoms with E-state index in [1.165, 1.54) is 18.2 Å². The zero-order chi connectivity index (χ0) is 11.7. The summed E-state index contributed by atoms with van der Waals surface area (Å²) < 4.78 is 0. The summed E-state index contributed by atoms with van der Waals surface area (Å²) in [5.41, 5.74) is 0.128. The molecule has 0 aliphatic rings. The lowest BCUT2D eigenvalue weighted by molar-refractivity contribution is -0.385. The van der Waals surface area contributed by atoms with E-state index in [0.29, 0.717) is 5.39 Å². The third kappa shape index (κ3) is 1.56. The van der Waals surface area contributed by atoms with Gasteiger partial charge in [0, 0.05) is 11.5 Å². The minimum Gasteiger partial charge on any atom is -0.478 e. The maximum atomic E-state index is 10.9. The first-order valence-corrected chi connectivity index (χ1v) is 4.36. The maximum Gasteiger partial charge on any atom is 0.337 e. The van der Waals surface area contributed by atoms with Crippen molar-refractivity contribution in [1.29, 1.82) is 0 Å². The summed E-state index contributed by atoms with van der Waals surface area (Å²) in [4.78, 5) is 24.6. The smallest absolute Gasteiger partial charge is 0.337 e. The molecule has 0 bridgehead atoms. The van der Waals surface area contributed by atoms with Gasteiger partial charge in [0.2, 0.25) is 0 Å². The van der Waals surface area contributed by atoms with E-state index < -0.39 is 10.9 Å². The highest BCUT2D eigenvalue weighted by atomic mass is 16.6. The zero-order valence-corrected chi connectivity index (χ0v) is 7.95. The van der Waals surface area contributed by atoms with Gasteiger partial charge in [-0.2, -0.15) is 0 Å². The lowest BCUT2D eigenvalue weighted by atomic mass is 10.1. The Morgan fingerprint density at radius 2 is 2.19 bits per heavy atom. The van der Waals surface area contributed by atoms with Gasteiger partial charge in [-0.15, -0.1) is 0 Å². The zero-order valence-electron chi connectivity index (χ0n) is 7.95. The number of aromatic carboxylic acids is 1. The number of rotatable bonds is 2. The Kier molecular flexibility index (Phi) is 2.24. The van der Waals surface area contributed by atoms with E-state index in [0.717, 1.165) is 6.20 Å². The number of nitro groups is 1. The summed E-state index contributed by atoms with van der Waals surface area (Å²) in [6.45, 7) is 0. The lowest BCUT2D eigenvalue weighted by Crippen LogP contribution is -1.99. The predicted octanol–water partition coefficient (Wildman–Crippen LogP) is 1.84. The largest absolute Gasteiger partial charge is 0.478 e. The SMILES string of the molecule is O=C(O)c1cccc2cc([N+](=O)[O-])cnc12. The van der Waals surface area contributed by atoms with E-state index in [1.54, 1.807) is 6.07 Å². The van der Waals surface area contributed by atoms with Crippen LogP contribution in [0.5, 0.6) is 0 Å². The average Bonchev–Trinajstić information content (AvgIpc) is 2.27. The van der Waals surface area contributed by atoms with Crippen LogP contribution in [0.15, 0.2) is 30.5 Å². The molecule has 6 heteroatoms. The van der Waals surface area contributed by atoms with E-state index in [4.69, 9.17) is 5.11 Å². The van der Waals surface area contributed by atoms with Crippen molar-refractivity contribution >= 4 is 22.6 Å². The fourth-order valence-corrected chi connectivity index (χ4v) is 1.42.